The van der Waals surface area contributed by atoms with Gasteiger partial charge in [-0.15, -0.1) is 11.3 Å². The van der Waals surface area contributed by atoms with Gasteiger partial charge < -0.3 is 4.90 Å². The van der Waals surface area contributed by atoms with Gasteiger partial charge in [-0.05, 0) is 73.9 Å². The smallest absolute Gasteiger partial charge is 0.0995 e. The summed E-state index contributed by atoms with van der Waals surface area (Å²) in [6.45, 7) is 5.02. The maximum atomic E-state index is 9.70. The molecular formula is C26H28N4S. The summed E-state index contributed by atoms with van der Waals surface area (Å²) in [7, 11) is 1.99. The molecule has 1 aliphatic rings. The molecule has 0 radical (unpaired) electrons. The van der Waals surface area contributed by atoms with E-state index in [0.29, 0.717) is 12.0 Å². The van der Waals surface area contributed by atoms with Gasteiger partial charge in [-0.2, -0.15) is 5.26 Å². The quantitative estimate of drug-likeness (QED) is 0.354. The molecular weight excluding hydrogens is 400 g/mol. The third kappa shape index (κ3) is 4.86. The van der Waals surface area contributed by atoms with Crippen LogP contribution in [0.2, 0.25) is 0 Å². The Morgan fingerprint density at radius 3 is 2.77 bits per heavy atom. The maximum absolute atomic E-state index is 9.70. The fourth-order valence-corrected chi connectivity index (χ4v) is 4.79. The molecule has 0 fully saturated rings. The van der Waals surface area contributed by atoms with E-state index in [4.69, 9.17) is 4.98 Å². The van der Waals surface area contributed by atoms with Crippen LogP contribution in [0.5, 0.6) is 0 Å². The topological polar surface area (TPSA) is 52.3 Å². The number of aromatic nitrogens is 1. The van der Waals surface area contributed by atoms with Crippen LogP contribution in [0.3, 0.4) is 0 Å². The van der Waals surface area contributed by atoms with Crippen LogP contribution in [0.25, 0.3) is 11.3 Å². The number of hydrogen-bond acceptors (Lipinski definition) is 4. The first-order valence-electron chi connectivity index (χ1n) is 10.9. The van der Waals surface area contributed by atoms with Crippen molar-refractivity contribution >= 4 is 23.4 Å². The molecule has 0 spiro atoms. The number of hydrogen-bond donors (Lipinski definition) is 0. The van der Waals surface area contributed by atoms with Crippen molar-refractivity contribution in [3.63, 3.8) is 0 Å². The highest BCUT2D eigenvalue weighted by molar-refractivity contribution is 7.10. The number of nitriles is 1. The van der Waals surface area contributed by atoms with Crippen molar-refractivity contribution in [1.82, 2.24) is 9.88 Å². The van der Waals surface area contributed by atoms with Crippen LogP contribution in [-0.4, -0.2) is 29.8 Å². The molecule has 5 heteroatoms. The Bertz CT molecular complexity index is 1150. The first-order valence-corrected chi connectivity index (χ1v) is 11.8. The van der Waals surface area contributed by atoms with Crippen molar-refractivity contribution in [2.75, 3.05) is 13.6 Å². The average molecular weight is 429 g/mol. The largest absolute Gasteiger partial charge is 0.366 e. The van der Waals surface area contributed by atoms with Gasteiger partial charge in [0.15, 0.2) is 0 Å². The number of nitrogens with zero attached hydrogens (tertiary/aromatic N) is 4. The van der Waals surface area contributed by atoms with E-state index in [1.165, 1.54) is 42.4 Å². The predicted molar refractivity (Wildman–Crippen MR) is 129 cm³/mol. The Morgan fingerprint density at radius 1 is 1.19 bits per heavy atom. The molecule has 4 nitrogen and oxygen atoms in total. The van der Waals surface area contributed by atoms with Gasteiger partial charge >= 0.3 is 0 Å². The minimum absolute atomic E-state index is 0.665. The monoisotopic (exact) mass is 428 g/mol. The summed E-state index contributed by atoms with van der Waals surface area (Å²) in [5, 5.41) is 12.9. The zero-order valence-corrected chi connectivity index (χ0v) is 19.3. The molecule has 0 aliphatic heterocycles. The molecule has 0 saturated heterocycles. The number of aryl methyl sites for hydroxylation is 3. The molecule has 0 amide bonds. The first-order chi connectivity index (χ1) is 15.1. The van der Waals surface area contributed by atoms with Crippen LogP contribution in [0.4, 0.5) is 5.69 Å². The second-order valence-corrected chi connectivity index (χ2v) is 9.16. The number of fused-ring (bicyclic) bond motifs is 1. The molecule has 31 heavy (non-hydrogen) atoms. The molecule has 3 aromatic rings. The first kappa shape index (κ1) is 21.3. The SMILES string of the molecule is CCN(C)C=Nc1cc(C#N)c(Cc2nc(-c3ccc4c(c3)CCCC4)cs2)cc1C. The van der Waals surface area contributed by atoms with E-state index in [1.807, 2.05) is 31.3 Å². The number of benzene rings is 2. The van der Waals surface area contributed by atoms with Crippen molar-refractivity contribution in [2.24, 2.45) is 4.99 Å². The fraction of sp³-hybridized carbons (Fsp3) is 0.346. The second kappa shape index (κ2) is 9.45. The Morgan fingerprint density at radius 2 is 2.00 bits per heavy atom. The molecule has 0 N–H and O–H groups in total. The van der Waals surface area contributed by atoms with Gasteiger partial charge in [-0.25, -0.2) is 9.98 Å². The Hall–Kier alpha value is -2.97. The van der Waals surface area contributed by atoms with E-state index < -0.39 is 0 Å². The number of rotatable bonds is 6. The molecule has 1 aromatic heterocycles. The summed E-state index contributed by atoms with van der Waals surface area (Å²) in [4.78, 5) is 11.5. The molecule has 0 bridgehead atoms. The summed E-state index contributed by atoms with van der Waals surface area (Å²) in [6.07, 6.45) is 7.43. The highest BCUT2D eigenvalue weighted by atomic mass is 32.1. The standard InChI is InChI=1S/C26H28N4S/c1-4-30(3)17-28-24-13-23(15-27)22(11-18(24)2)14-26-29-25(16-31-26)21-10-9-19-7-5-6-8-20(19)12-21/h9-13,16-17H,4-8,14H2,1-3H3. The lowest BCUT2D eigenvalue weighted by Crippen LogP contribution is -2.14. The van der Waals surface area contributed by atoms with Crippen LogP contribution in [0.1, 0.15) is 52.6 Å². The van der Waals surface area contributed by atoms with E-state index in [1.54, 1.807) is 11.3 Å². The summed E-state index contributed by atoms with van der Waals surface area (Å²) < 4.78 is 0. The van der Waals surface area contributed by atoms with Gasteiger partial charge in [0.2, 0.25) is 0 Å². The summed E-state index contributed by atoms with van der Waals surface area (Å²) in [5.41, 5.74) is 8.79. The lowest BCUT2D eigenvalue weighted by atomic mass is 9.90. The molecule has 4 rings (SSSR count). The average Bonchev–Trinajstić information content (AvgIpc) is 3.26. The van der Waals surface area contributed by atoms with Crippen molar-refractivity contribution in [1.29, 1.82) is 5.26 Å². The zero-order valence-electron chi connectivity index (χ0n) is 18.5. The van der Waals surface area contributed by atoms with Crippen LogP contribution in [-0.2, 0) is 19.3 Å². The minimum Gasteiger partial charge on any atom is -0.366 e. The highest BCUT2D eigenvalue weighted by Crippen LogP contribution is 2.30. The fourth-order valence-electron chi connectivity index (χ4n) is 3.97. The zero-order chi connectivity index (χ0) is 21.8. The van der Waals surface area contributed by atoms with E-state index >= 15 is 0 Å². The third-order valence-corrected chi connectivity index (χ3v) is 6.82. The summed E-state index contributed by atoms with van der Waals surface area (Å²) in [5.74, 6) is 0. The van der Waals surface area contributed by atoms with E-state index in [0.717, 1.165) is 34.1 Å². The third-order valence-electron chi connectivity index (χ3n) is 5.97. The van der Waals surface area contributed by atoms with Crippen molar-refractivity contribution in [3.8, 4) is 17.3 Å². The van der Waals surface area contributed by atoms with E-state index in [9.17, 15) is 5.26 Å². The summed E-state index contributed by atoms with van der Waals surface area (Å²) >= 11 is 1.67. The van der Waals surface area contributed by atoms with Crippen LogP contribution >= 0.6 is 11.3 Å². The molecule has 158 valence electrons. The number of aliphatic imine (C=N–C) groups is 1. The lowest BCUT2D eigenvalue weighted by Gasteiger charge is -2.16. The summed E-state index contributed by atoms with van der Waals surface area (Å²) in [6, 6.07) is 13.1. The molecule has 0 saturated carbocycles. The Kier molecular flexibility index (Phi) is 6.48. The van der Waals surface area contributed by atoms with Gasteiger partial charge in [0, 0.05) is 31.0 Å². The minimum atomic E-state index is 0.665. The highest BCUT2D eigenvalue weighted by Gasteiger charge is 2.14. The van der Waals surface area contributed by atoms with E-state index in [-0.39, 0.29) is 0 Å². The van der Waals surface area contributed by atoms with Gasteiger partial charge in [0.25, 0.3) is 0 Å². The lowest BCUT2D eigenvalue weighted by molar-refractivity contribution is 0.552. The molecule has 0 atom stereocenters. The van der Waals surface area contributed by atoms with Crippen molar-refractivity contribution in [2.45, 2.75) is 46.0 Å². The molecule has 0 unspecified atom stereocenters. The Labute approximate surface area is 188 Å². The predicted octanol–water partition coefficient (Wildman–Crippen LogP) is 6.07. The van der Waals surface area contributed by atoms with Crippen LogP contribution in [0, 0.1) is 18.3 Å². The molecule has 1 heterocycles. The van der Waals surface area contributed by atoms with Gasteiger partial charge in [-0.1, -0.05) is 18.2 Å². The maximum Gasteiger partial charge on any atom is 0.0995 e. The van der Waals surface area contributed by atoms with E-state index in [2.05, 4.69) is 47.6 Å². The van der Waals surface area contributed by atoms with Crippen LogP contribution in [0.15, 0.2) is 40.7 Å². The van der Waals surface area contributed by atoms with Crippen LogP contribution < -0.4 is 0 Å². The molecule has 2 aromatic carbocycles. The van der Waals surface area contributed by atoms with Gasteiger partial charge in [-0.3, -0.25) is 0 Å². The van der Waals surface area contributed by atoms with Crippen molar-refractivity contribution in [3.05, 3.63) is 68.5 Å². The van der Waals surface area contributed by atoms with Gasteiger partial charge in [0.1, 0.15) is 0 Å². The Balaban J connectivity index is 1.56. The molecule has 1 aliphatic carbocycles. The normalized spacial score (nSPS) is 13.2. The van der Waals surface area contributed by atoms with Crippen molar-refractivity contribution < 1.29 is 0 Å². The number of thiazole rings is 1. The van der Waals surface area contributed by atoms with Gasteiger partial charge in [0.05, 0.1) is 34.4 Å². The second-order valence-electron chi connectivity index (χ2n) is 8.22.